The van der Waals surface area contributed by atoms with Crippen LogP contribution in [0.1, 0.15) is 42.5 Å². The van der Waals surface area contributed by atoms with Gasteiger partial charge in [0, 0.05) is 30.6 Å². The van der Waals surface area contributed by atoms with E-state index in [0.29, 0.717) is 90.0 Å². The second-order valence-electron chi connectivity index (χ2n) is 10.8. The predicted molar refractivity (Wildman–Crippen MR) is 175 cm³/mol. The lowest BCUT2D eigenvalue weighted by Gasteiger charge is -2.18. The van der Waals surface area contributed by atoms with Crippen LogP contribution < -0.4 is 21.7 Å². The van der Waals surface area contributed by atoms with Crippen LogP contribution in [0.15, 0.2) is 30.5 Å². The summed E-state index contributed by atoms with van der Waals surface area (Å²) >= 11 is 0. The molecule has 2 aromatic rings. The van der Waals surface area contributed by atoms with Crippen LogP contribution in [-0.4, -0.2) is 138 Å². The number of rotatable bonds is 28. The number of nitrogens with two attached hydrogens (primary N) is 1. The minimum Gasteiger partial charge on any atom is -0.481 e. The number of nitrogens with zero attached hydrogens (tertiary/aromatic N) is 3. The maximum Gasteiger partial charge on any atom is 0.326 e. The van der Waals surface area contributed by atoms with Crippen LogP contribution in [0.3, 0.4) is 0 Å². The molecule has 0 aliphatic heterocycles. The Kier molecular flexibility index (Phi) is 20.3. The summed E-state index contributed by atoms with van der Waals surface area (Å²) < 4.78 is 23.3. The van der Waals surface area contributed by atoms with Crippen molar-refractivity contribution in [2.45, 2.75) is 50.7 Å². The zero-order valence-electron chi connectivity index (χ0n) is 27.8. The van der Waals surface area contributed by atoms with Crippen LogP contribution >= 0.6 is 0 Å². The van der Waals surface area contributed by atoms with E-state index in [-0.39, 0.29) is 25.3 Å². The first-order chi connectivity index (χ1) is 24.1. The minimum absolute atomic E-state index is 0.0187. The predicted octanol–water partition coefficient (Wildman–Crippen LogP) is -0.0593. The third kappa shape index (κ3) is 17.6. The zero-order chi connectivity index (χ0) is 36.6. The summed E-state index contributed by atoms with van der Waals surface area (Å²) in [5.41, 5.74) is 7.14. The molecule has 0 fully saturated rings. The number of aromatic nitrogens is 3. The second-order valence-corrected chi connectivity index (χ2v) is 10.8. The van der Waals surface area contributed by atoms with E-state index in [0.717, 1.165) is 5.56 Å². The number of carbonyl (C=O) groups is 5. The first-order valence-corrected chi connectivity index (χ1v) is 16.1. The van der Waals surface area contributed by atoms with Crippen molar-refractivity contribution in [1.29, 1.82) is 0 Å². The Hall–Kier alpha value is -4.69. The minimum atomic E-state index is -1.49. The van der Waals surface area contributed by atoms with E-state index in [9.17, 15) is 29.1 Å². The molecule has 0 unspecified atom stereocenters. The Bertz CT molecular complexity index is 1330. The highest BCUT2D eigenvalue weighted by atomic mass is 16.6. The number of carboxylic acid groups (broad SMARTS) is 3. The number of unbranched alkanes of at least 4 members (excludes halogenated alkanes) is 1. The van der Waals surface area contributed by atoms with Gasteiger partial charge in [0.1, 0.15) is 17.8 Å². The fourth-order valence-electron chi connectivity index (χ4n) is 4.25. The van der Waals surface area contributed by atoms with E-state index in [1.54, 1.807) is 35.1 Å². The molecule has 19 heteroatoms. The van der Waals surface area contributed by atoms with Crippen molar-refractivity contribution in [1.82, 2.24) is 30.9 Å². The average molecular weight is 710 g/mol. The average Bonchev–Trinajstić information content (AvgIpc) is 3.56. The lowest BCUT2D eigenvalue weighted by atomic mass is 10.1. The van der Waals surface area contributed by atoms with Gasteiger partial charge >= 0.3 is 23.9 Å². The number of ether oxygens (including phenoxy) is 4. The van der Waals surface area contributed by atoms with Crippen molar-refractivity contribution in [2.75, 3.05) is 65.9 Å². The molecule has 8 N–H and O–H groups in total. The summed E-state index contributed by atoms with van der Waals surface area (Å²) in [5.74, 6) is -4.32. The SMILES string of the molecule is NCCOCCOCCOCCOCCn1cc(-c2ccc(C(=O)NCCCC[C@H](NC(=O)N[C@@H](CCC(=O)O)C(=O)O)C(=O)O)cc2)nn1. The first kappa shape index (κ1) is 41.5. The van der Waals surface area contributed by atoms with Crippen LogP contribution in [0, 0.1) is 0 Å². The van der Waals surface area contributed by atoms with E-state index in [1.807, 2.05) is 0 Å². The van der Waals surface area contributed by atoms with Crippen molar-refractivity contribution < 1.29 is 58.2 Å². The number of carboxylic acids is 3. The topological polar surface area (TPSA) is 276 Å². The lowest BCUT2D eigenvalue weighted by Crippen LogP contribution is -2.51. The molecule has 2 atom stereocenters. The van der Waals surface area contributed by atoms with Gasteiger partial charge in [-0.2, -0.15) is 0 Å². The quantitative estimate of drug-likeness (QED) is 0.0570. The van der Waals surface area contributed by atoms with Crippen molar-refractivity contribution >= 4 is 29.8 Å². The van der Waals surface area contributed by atoms with Crippen molar-refractivity contribution in [2.24, 2.45) is 5.73 Å². The fourth-order valence-corrected chi connectivity index (χ4v) is 4.25. The maximum atomic E-state index is 12.6. The van der Waals surface area contributed by atoms with Crippen molar-refractivity contribution in [3.8, 4) is 11.3 Å². The Morgan fingerprint density at radius 1 is 0.760 bits per heavy atom. The van der Waals surface area contributed by atoms with Crippen LogP contribution in [0.4, 0.5) is 4.79 Å². The number of benzene rings is 1. The molecular weight excluding hydrogens is 662 g/mol. The summed E-state index contributed by atoms with van der Waals surface area (Å²) in [5, 5.41) is 42.6. The number of hydrogen-bond acceptors (Lipinski definition) is 12. The Labute approximate surface area is 288 Å². The van der Waals surface area contributed by atoms with Gasteiger partial charge in [0.15, 0.2) is 0 Å². The van der Waals surface area contributed by atoms with Gasteiger partial charge in [0.2, 0.25) is 0 Å². The summed E-state index contributed by atoms with van der Waals surface area (Å²) in [7, 11) is 0. The van der Waals surface area contributed by atoms with E-state index in [4.69, 9.17) is 34.9 Å². The van der Waals surface area contributed by atoms with E-state index >= 15 is 0 Å². The normalized spacial score (nSPS) is 12.2. The molecule has 0 radical (unpaired) electrons. The van der Waals surface area contributed by atoms with Gasteiger partial charge in [-0.05, 0) is 37.8 Å². The van der Waals surface area contributed by atoms with Crippen LogP contribution in [0.25, 0.3) is 11.3 Å². The van der Waals surface area contributed by atoms with Gasteiger partial charge in [0.25, 0.3) is 5.91 Å². The van der Waals surface area contributed by atoms with Gasteiger partial charge in [-0.15, -0.1) is 5.10 Å². The van der Waals surface area contributed by atoms with Gasteiger partial charge in [-0.25, -0.2) is 19.1 Å². The third-order valence-corrected chi connectivity index (χ3v) is 6.88. The largest absolute Gasteiger partial charge is 0.481 e. The number of nitrogens with one attached hydrogen (secondary N) is 3. The number of aliphatic carboxylic acids is 3. The molecule has 3 amide bonds. The number of urea groups is 1. The second kappa shape index (κ2) is 24.4. The standard InChI is InChI=1S/C31H47N7O12/c32-10-13-47-15-17-49-19-20-50-18-16-48-14-12-38-21-26(36-37-38)22-4-6-23(7-5-22)28(41)33-11-2-1-3-24(29(42)43)34-31(46)35-25(30(44)45)8-9-27(39)40/h4-7,21,24-25H,1-3,8-20,32H2,(H,33,41)(H,39,40)(H,42,43)(H,44,45)(H2,34,35,46)/t24-,25-/m0/s1. The molecule has 1 heterocycles. The highest BCUT2D eigenvalue weighted by Crippen LogP contribution is 2.17. The monoisotopic (exact) mass is 709 g/mol. The molecule has 2 rings (SSSR count). The van der Waals surface area contributed by atoms with Crippen LogP contribution in [-0.2, 0) is 39.9 Å². The fraction of sp³-hybridized carbons (Fsp3) is 0.581. The molecule has 0 saturated heterocycles. The van der Waals surface area contributed by atoms with E-state index < -0.39 is 42.4 Å². The van der Waals surface area contributed by atoms with E-state index in [1.165, 1.54) is 0 Å². The molecule has 50 heavy (non-hydrogen) atoms. The van der Waals surface area contributed by atoms with Gasteiger partial charge < -0.3 is 56.0 Å². The molecule has 0 aliphatic carbocycles. The summed E-state index contributed by atoms with van der Waals surface area (Å²) in [6, 6.07) is 2.95. The van der Waals surface area contributed by atoms with Crippen molar-refractivity contribution in [3.63, 3.8) is 0 Å². The highest BCUT2D eigenvalue weighted by Gasteiger charge is 2.24. The smallest absolute Gasteiger partial charge is 0.326 e. The van der Waals surface area contributed by atoms with Crippen LogP contribution in [0.2, 0.25) is 0 Å². The lowest BCUT2D eigenvalue weighted by molar-refractivity contribution is -0.140. The molecular formula is C31H47N7O12. The molecule has 0 bridgehead atoms. The zero-order valence-corrected chi connectivity index (χ0v) is 27.8. The maximum absolute atomic E-state index is 12.6. The number of amides is 3. The van der Waals surface area contributed by atoms with Crippen LogP contribution in [0.5, 0.6) is 0 Å². The Morgan fingerprint density at radius 2 is 1.32 bits per heavy atom. The molecule has 0 aliphatic rings. The molecule has 0 spiro atoms. The summed E-state index contributed by atoms with van der Waals surface area (Å²) in [6.45, 7) is 4.98. The van der Waals surface area contributed by atoms with Gasteiger partial charge in [-0.3, -0.25) is 9.59 Å². The molecule has 0 saturated carbocycles. The summed E-state index contributed by atoms with van der Waals surface area (Å²) in [6.07, 6.45) is 1.68. The highest BCUT2D eigenvalue weighted by molar-refractivity contribution is 5.94. The Balaban J connectivity index is 1.63. The summed E-state index contributed by atoms with van der Waals surface area (Å²) in [4.78, 5) is 58.2. The molecule has 278 valence electrons. The number of hydrogen-bond donors (Lipinski definition) is 7. The molecule has 19 nitrogen and oxygen atoms in total. The first-order valence-electron chi connectivity index (χ1n) is 16.1. The molecule has 1 aromatic carbocycles. The van der Waals surface area contributed by atoms with Gasteiger partial charge in [-0.1, -0.05) is 17.3 Å². The van der Waals surface area contributed by atoms with E-state index in [2.05, 4.69) is 26.3 Å². The van der Waals surface area contributed by atoms with Gasteiger partial charge in [0.05, 0.1) is 65.6 Å². The molecule has 1 aromatic heterocycles. The Morgan fingerprint density at radius 3 is 1.88 bits per heavy atom. The third-order valence-electron chi connectivity index (χ3n) is 6.88. The number of carbonyl (C=O) groups excluding carboxylic acids is 2. The van der Waals surface area contributed by atoms with Crippen molar-refractivity contribution in [3.05, 3.63) is 36.0 Å².